The van der Waals surface area contributed by atoms with Crippen molar-refractivity contribution >= 4 is 29.6 Å². The van der Waals surface area contributed by atoms with Crippen LogP contribution in [0.3, 0.4) is 0 Å². The number of hydrogen-bond donors (Lipinski definition) is 1. The molecule has 0 atom stereocenters. The van der Waals surface area contributed by atoms with Crippen LogP contribution in [0, 0.1) is 6.92 Å². The average Bonchev–Trinajstić information content (AvgIpc) is 2.92. The molecule has 5 nitrogen and oxygen atoms in total. The van der Waals surface area contributed by atoms with Crippen LogP contribution in [0.4, 0.5) is 0 Å². The molecule has 1 fully saturated rings. The summed E-state index contributed by atoms with van der Waals surface area (Å²) in [5.74, 6) is -0.351. The molecule has 1 saturated heterocycles. The highest BCUT2D eigenvalue weighted by molar-refractivity contribution is 6.62. The van der Waals surface area contributed by atoms with Gasteiger partial charge in [0.15, 0.2) is 0 Å². The molecule has 0 unspecified atom stereocenters. The van der Waals surface area contributed by atoms with Gasteiger partial charge in [-0.3, -0.25) is 0 Å². The average molecular weight is 315 g/mol. The fourth-order valence-corrected chi connectivity index (χ4v) is 2.80. The van der Waals surface area contributed by atoms with Crippen molar-refractivity contribution in [2.75, 3.05) is 7.11 Å². The van der Waals surface area contributed by atoms with Crippen LogP contribution in [0.1, 0.15) is 43.6 Å². The quantitative estimate of drug-likeness (QED) is 0.683. The highest BCUT2D eigenvalue weighted by Crippen LogP contribution is 2.37. The molecule has 6 heteroatoms. The number of fused-ring (bicyclic) bond motifs is 1. The van der Waals surface area contributed by atoms with Crippen molar-refractivity contribution in [2.24, 2.45) is 0 Å². The normalized spacial score (nSPS) is 19.3. The van der Waals surface area contributed by atoms with Gasteiger partial charge in [0.1, 0.15) is 0 Å². The van der Waals surface area contributed by atoms with E-state index in [0.717, 1.165) is 22.1 Å². The number of rotatable bonds is 2. The molecule has 0 radical (unpaired) electrons. The number of benzene rings is 1. The number of carbonyl (C=O) groups is 1. The summed E-state index contributed by atoms with van der Waals surface area (Å²) in [6.07, 6.45) is 0. The summed E-state index contributed by atoms with van der Waals surface area (Å²) in [7, 11) is 0.927. The van der Waals surface area contributed by atoms with Gasteiger partial charge in [0, 0.05) is 16.5 Å². The van der Waals surface area contributed by atoms with Gasteiger partial charge in [-0.25, -0.2) is 4.79 Å². The van der Waals surface area contributed by atoms with Gasteiger partial charge in [-0.1, -0.05) is 6.07 Å². The zero-order chi connectivity index (χ0) is 17.0. The molecule has 3 rings (SSSR count). The van der Waals surface area contributed by atoms with Crippen molar-refractivity contribution in [1.29, 1.82) is 0 Å². The van der Waals surface area contributed by atoms with Crippen LogP contribution in [0.5, 0.6) is 0 Å². The third-order valence-electron chi connectivity index (χ3n) is 5.01. The van der Waals surface area contributed by atoms with E-state index in [9.17, 15) is 4.79 Å². The molecule has 23 heavy (non-hydrogen) atoms. The summed E-state index contributed by atoms with van der Waals surface area (Å²) in [5.41, 5.74) is 2.56. The van der Waals surface area contributed by atoms with E-state index in [0.29, 0.717) is 5.56 Å². The number of ether oxygens (including phenoxy) is 1. The lowest BCUT2D eigenvalue weighted by Crippen LogP contribution is -2.41. The first-order chi connectivity index (χ1) is 10.7. The van der Waals surface area contributed by atoms with Crippen molar-refractivity contribution in [1.82, 2.24) is 4.98 Å². The Morgan fingerprint density at radius 3 is 2.35 bits per heavy atom. The number of esters is 1. The van der Waals surface area contributed by atoms with Crippen molar-refractivity contribution in [2.45, 2.75) is 45.8 Å². The number of hydrogen-bond acceptors (Lipinski definition) is 4. The maximum absolute atomic E-state index is 11.7. The number of carbonyl (C=O) groups excluding carboxylic acids is 1. The molecule has 2 aromatic rings. The molecule has 122 valence electrons. The van der Waals surface area contributed by atoms with Crippen LogP contribution >= 0.6 is 0 Å². The number of nitrogens with one attached hydrogen (secondary N) is 1. The van der Waals surface area contributed by atoms with E-state index in [4.69, 9.17) is 14.0 Å². The molecule has 1 aromatic heterocycles. The lowest BCUT2D eigenvalue weighted by atomic mass is 9.82. The molecule has 1 aliphatic heterocycles. The third kappa shape index (κ3) is 2.46. The standard InChI is InChI=1S/C17H22BNO4/c1-10-12-8-7-11(15(20)21-6)9-13(12)19-14(10)18-22-16(2,3)17(4,5)23-18/h7-9,19H,1-6H3. The lowest BCUT2D eigenvalue weighted by molar-refractivity contribution is 0.00578. The van der Waals surface area contributed by atoms with Gasteiger partial charge in [0.05, 0.1) is 23.9 Å². The number of aromatic amines is 1. The molecule has 2 heterocycles. The van der Waals surface area contributed by atoms with Gasteiger partial charge in [-0.15, -0.1) is 0 Å². The van der Waals surface area contributed by atoms with E-state index >= 15 is 0 Å². The third-order valence-corrected chi connectivity index (χ3v) is 5.01. The fourth-order valence-electron chi connectivity index (χ4n) is 2.80. The summed E-state index contributed by atoms with van der Waals surface area (Å²) in [5, 5.41) is 1.04. The summed E-state index contributed by atoms with van der Waals surface area (Å²) >= 11 is 0. The Bertz CT molecular complexity index is 762. The largest absolute Gasteiger partial charge is 0.512 e. The Morgan fingerprint density at radius 2 is 1.78 bits per heavy atom. The van der Waals surface area contributed by atoms with E-state index in [1.807, 2.05) is 40.7 Å². The van der Waals surface area contributed by atoms with E-state index < -0.39 is 18.3 Å². The van der Waals surface area contributed by atoms with E-state index in [-0.39, 0.29) is 5.97 Å². The van der Waals surface area contributed by atoms with Gasteiger partial charge in [-0.2, -0.15) is 0 Å². The molecule has 1 N–H and O–H groups in total. The lowest BCUT2D eigenvalue weighted by Gasteiger charge is -2.32. The van der Waals surface area contributed by atoms with Crippen LogP contribution in [0.2, 0.25) is 0 Å². The van der Waals surface area contributed by atoms with E-state index in [1.54, 1.807) is 12.1 Å². The van der Waals surface area contributed by atoms with Gasteiger partial charge in [-0.05, 0) is 52.3 Å². The maximum Gasteiger partial charge on any atom is 0.512 e. The predicted molar refractivity (Wildman–Crippen MR) is 90.1 cm³/mol. The first kappa shape index (κ1) is 16.1. The van der Waals surface area contributed by atoms with E-state index in [2.05, 4.69) is 4.98 Å². The SMILES string of the molecule is COC(=O)c1ccc2c(C)c(B3OC(C)(C)C(C)(C)O3)[nH]c2c1. The fraction of sp³-hybridized carbons (Fsp3) is 0.471. The van der Waals surface area contributed by atoms with E-state index in [1.165, 1.54) is 7.11 Å². The smallest absolute Gasteiger partial charge is 0.465 e. The summed E-state index contributed by atoms with van der Waals surface area (Å²) in [4.78, 5) is 15.0. The molecule has 0 bridgehead atoms. The maximum atomic E-state index is 11.7. The van der Waals surface area contributed by atoms with Gasteiger partial charge in [0.2, 0.25) is 0 Å². The highest BCUT2D eigenvalue weighted by Gasteiger charge is 2.52. The van der Waals surface area contributed by atoms with Crippen molar-refractivity contribution in [3.05, 3.63) is 29.3 Å². The first-order valence-corrected chi connectivity index (χ1v) is 7.72. The van der Waals surface area contributed by atoms with Crippen LogP contribution < -0.4 is 5.59 Å². The van der Waals surface area contributed by atoms with Crippen molar-refractivity contribution in [3.8, 4) is 0 Å². The second kappa shape index (κ2) is 5.11. The van der Waals surface area contributed by atoms with Crippen LogP contribution in [0.25, 0.3) is 10.9 Å². The van der Waals surface area contributed by atoms with Gasteiger partial charge >= 0.3 is 13.1 Å². The molecule has 0 spiro atoms. The molecule has 0 amide bonds. The minimum atomic E-state index is -0.450. The zero-order valence-electron chi connectivity index (χ0n) is 14.4. The van der Waals surface area contributed by atoms with Gasteiger partial charge < -0.3 is 19.0 Å². The summed E-state index contributed by atoms with van der Waals surface area (Å²) in [6.45, 7) is 10.1. The minimum absolute atomic E-state index is 0.351. The topological polar surface area (TPSA) is 60.6 Å². The number of aryl methyl sites for hydroxylation is 1. The van der Waals surface area contributed by atoms with Crippen molar-refractivity contribution in [3.63, 3.8) is 0 Å². The second-order valence-corrected chi connectivity index (χ2v) is 7.00. The zero-order valence-corrected chi connectivity index (χ0v) is 14.4. The van der Waals surface area contributed by atoms with Gasteiger partial charge in [0.25, 0.3) is 0 Å². The minimum Gasteiger partial charge on any atom is -0.465 e. The van der Waals surface area contributed by atoms with Crippen LogP contribution in [-0.4, -0.2) is 36.4 Å². The molecule has 1 aromatic carbocycles. The Labute approximate surface area is 136 Å². The molecule has 0 aliphatic carbocycles. The Morgan fingerprint density at radius 1 is 1.17 bits per heavy atom. The molecule has 1 aliphatic rings. The Balaban J connectivity index is 2.03. The monoisotopic (exact) mass is 315 g/mol. The summed E-state index contributed by atoms with van der Waals surface area (Å²) in [6, 6.07) is 5.48. The predicted octanol–water partition coefficient (Wildman–Crippen LogP) is 2.56. The Kier molecular flexibility index (Phi) is 3.57. The molecular formula is C17H22BNO4. The number of aromatic nitrogens is 1. The number of H-pyrrole nitrogens is 1. The number of methoxy groups -OCH3 is 1. The first-order valence-electron chi connectivity index (χ1n) is 7.72. The van der Waals surface area contributed by atoms with Crippen molar-refractivity contribution < 1.29 is 18.8 Å². The van der Waals surface area contributed by atoms with Crippen LogP contribution in [-0.2, 0) is 14.0 Å². The van der Waals surface area contributed by atoms with Crippen LogP contribution in [0.15, 0.2) is 18.2 Å². The molecular weight excluding hydrogens is 293 g/mol. The second-order valence-electron chi connectivity index (χ2n) is 7.00. The highest BCUT2D eigenvalue weighted by atomic mass is 16.7. The molecule has 0 saturated carbocycles. The summed E-state index contributed by atoms with van der Waals surface area (Å²) < 4.78 is 17.0. The Hall–Kier alpha value is -1.79.